The van der Waals surface area contributed by atoms with Crippen molar-refractivity contribution >= 4 is 17.6 Å². The summed E-state index contributed by atoms with van der Waals surface area (Å²) < 4.78 is 0. The third-order valence-electron chi connectivity index (χ3n) is 1.89. The van der Waals surface area contributed by atoms with Crippen molar-refractivity contribution in [2.24, 2.45) is 11.5 Å². The summed E-state index contributed by atoms with van der Waals surface area (Å²) >= 11 is 0. The zero-order valence-electron chi connectivity index (χ0n) is 8.96. The molecular weight excluding hydrogens is 222 g/mol. The third kappa shape index (κ3) is 3.79. The summed E-state index contributed by atoms with van der Waals surface area (Å²) in [5, 5.41) is 8.73. The minimum absolute atomic E-state index is 0.190. The molecule has 2 amide bonds. The number of hydrogen-bond donors (Lipinski definition) is 2. The molecule has 0 spiro atoms. The molecule has 1 heterocycles. The number of pyridine rings is 1. The van der Waals surface area contributed by atoms with E-state index in [0.717, 1.165) is 0 Å². The van der Waals surface area contributed by atoms with Gasteiger partial charge in [0.2, 0.25) is 11.8 Å². The van der Waals surface area contributed by atoms with Gasteiger partial charge in [-0.15, -0.1) is 0 Å². The van der Waals surface area contributed by atoms with Gasteiger partial charge in [0, 0.05) is 6.20 Å². The molecule has 0 atom stereocenters. The van der Waals surface area contributed by atoms with E-state index in [4.69, 9.17) is 16.7 Å². The molecule has 17 heavy (non-hydrogen) atoms. The Morgan fingerprint density at radius 1 is 1.35 bits per heavy atom. The number of nitrogens with zero attached hydrogens (tertiary/aromatic N) is 3. The van der Waals surface area contributed by atoms with E-state index < -0.39 is 11.8 Å². The number of hydrogen-bond acceptors (Lipinski definition) is 5. The molecule has 0 saturated carbocycles. The van der Waals surface area contributed by atoms with E-state index in [1.807, 2.05) is 6.07 Å². The number of amides is 2. The molecule has 0 fully saturated rings. The van der Waals surface area contributed by atoms with E-state index in [2.05, 4.69) is 4.98 Å². The number of nitriles is 1. The van der Waals surface area contributed by atoms with Gasteiger partial charge in [-0.1, -0.05) is 0 Å². The van der Waals surface area contributed by atoms with E-state index in [-0.39, 0.29) is 13.1 Å². The molecule has 88 valence electrons. The maximum atomic E-state index is 10.9. The number of rotatable bonds is 5. The fraction of sp³-hybridized carbons (Fsp3) is 0.200. The van der Waals surface area contributed by atoms with Gasteiger partial charge < -0.3 is 16.4 Å². The van der Waals surface area contributed by atoms with Crippen LogP contribution in [0.4, 0.5) is 5.82 Å². The zero-order chi connectivity index (χ0) is 12.8. The van der Waals surface area contributed by atoms with Crippen molar-refractivity contribution < 1.29 is 9.59 Å². The third-order valence-corrected chi connectivity index (χ3v) is 1.89. The van der Waals surface area contributed by atoms with Gasteiger partial charge in [-0.2, -0.15) is 5.26 Å². The number of anilines is 1. The van der Waals surface area contributed by atoms with Crippen LogP contribution in [0, 0.1) is 11.3 Å². The van der Waals surface area contributed by atoms with Gasteiger partial charge in [-0.3, -0.25) is 9.59 Å². The van der Waals surface area contributed by atoms with Crippen molar-refractivity contribution in [2.45, 2.75) is 0 Å². The molecule has 1 aromatic rings. The molecule has 0 bridgehead atoms. The van der Waals surface area contributed by atoms with Gasteiger partial charge in [-0.25, -0.2) is 4.98 Å². The number of aromatic nitrogens is 1. The lowest BCUT2D eigenvalue weighted by Gasteiger charge is -2.20. The summed E-state index contributed by atoms with van der Waals surface area (Å²) in [6.45, 7) is -0.379. The number of primary amides is 2. The van der Waals surface area contributed by atoms with Crippen LogP contribution in [-0.4, -0.2) is 29.9 Å². The first-order valence-electron chi connectivity index (χ1n) is 4.70. The monoisotopic (exact) mass is 233 g/mol. The Bertz CT molecular complexity index is 464. The predicted octanol–water partition coefficient (Wildman–Crippen LogP) is -1.27. The predicted molar refractivity (Wildman–Crippen MR) is 59.6 cm³/mol. The van der Waals surface area contributed by atoms with Crippen molar-refractivity contribution in [1.29, 1.82) is 5.26 Å². The maximum absolute atomic E-state index is 10.9. The summed E-state index contributed by atoms with van der Waals surface area (Å²) in [6.07, 6.45) is 1.41. The van der Waals surface area contributed by atoms with Crippen LogP contribution in [0.2, 0.25) is 0 Å². The van der Waals surface area contributed by atoms with Gasteiger partial charge in [0.1, 0.15) is 5.82 Å². The van der Waals surface area contributed by atoms with E-state index in [9.17, 15) is 9.59 Å². The average molecular weight is 233 g/mol. The summed E-state index contributed by atoms with van der Waals surface area (Å²) in [7, 11) is 0. The molecule has 0 aliphatic rings. The molecule has 0 saturated heterocycles. The lowest BCUT2D eigenvalue weighted by atomic mass is 10.2. The Hall–Kier alpha value is -2.62. The van der Waals surface area contributed by atoms with Crippen LogP contribution >= 0.6 is 0 Å². The highest BCUT2D eigenvalue weighted by atomic mass is 16.2. The van der Waals surface area contributed by atoms with Crippen LogP contribution in [0.3, 0.4) is 0 Å². The van der Waals surface area contributed by atoms with Crippen molar-refractivity contribution in [3.63, 3.8) is 0 Å². The second-order valence-corrected chi connectivity index (χ2v) is 3.30. The molecule has 1 aromatic heterocycles. The molecule has 0 aliphatic heterocycles. The Morgan fingerprint density at radius 3 is 2.41 bits per heavy atom. The van der Waals surface area contributed by atoms with Crippen LogP contribution < -0.4 is 16.4 Å². The summed E-state index contributed by atoms with van der Waals surface area (Å²) in [5.74, 6) is -0.924. The smallest absolute Gasteiger partial charge is 0.237 e. The van der Waals surface area contributed by atoms with Crippen LogP contribution in [0.25, 0.3) is 0 Å². The molecule has 0 radical (unpaired) electrons. The number of nitrogens with two attached hydrogens (primary N) is 2. The Labute approximate surface area is 97.6 Å². The van der Waals surface area contributed by atoms with Crippen molar-refractivity contribution in [3.8, 4) is 6.07 Å². The van der Waals surface area contributed by atoms with Crippen LogP contribution in [0.15, 0.2) is 18.3 Å². The van der Waals surface area contributed by atoms with Crippen LogP contribution in [0.5, 0.6) is 0 Å². The summed E-state index contributed by atoms with van der Waals surface area (Å²) in [6, 6.07) is 4.89. The second kappa shape index (κ2) is 5.46. The molecule has 4 N–H and O–H groups in total. The Kier molecular flexibility index (Phi) is 4.00. The highest BCUT2D eigenvalue weighted by Crippen LogP contribution is 2.11. The van der Waals surface area contributed by atoms with Crippen LogP contribution in [-0.2, 0) is 9.59 Å². The van der Waals surface area contributed by atoms with Crippen molar-refractivity contribution in [3.05, 3.63) is 23.9 Å². The number of carbonyl (C=O) groups is 2. The highest BCUT2D eigenvalue weighted by molar-refractivity contribution is 5.84. The first kappa shape index (κ1) is 12.4. The molecule has 0 aromatic carbocycles. The van der Waals surface area contributed by atoms with Gasteiger partial charge in [0.15, 0.2) is 0 Å². The van der Waals surface area contributed by atoms with E-state index in [0.29, 0.717) is 11.4 Å². The second-order valence-electron chi connectivity index (χ2n) is 3.30. The zero-order valence-corrected chi connectivity index (χ0v) is 8.96. The summed E-state index contributed by atoms with van der Waals surface area (Å²) in [5.41, 5.74) is 10.5. The molecule has 0 aliphatic carbocycles. The van der Waals surface area contributed by atoms with Crippen LogP contribution in [0.1, 0.15) is 5.56 Å². The number of carbonyl (C=O) groups excluding carboxylic acids is 2. The summed E-state index contributed by atoms with van der Waals surface area (Å²) in [4.78, 5) is 27.0. The molecular formula is C10H11N5O2. The lowest BCUT2D eigenvalue weighted by molar-refractivity contribution is -0.117. The lowest BCUT2D eigenvalue weighted by Crippen LogP contribution is -2.40. The standard InChI is InChI=1S/C10H11N5O2/c11-4-7-1-2-14-10(3-7)15(5-8(12)16)6-9(13)17/h1-3H,5-6H2,(H2,12,16)(H2,13,17). The minimum atomic E-state index is -0.615. The molecule has 7 nitrogen and oxygen atoms in total. The highest BCUT2D eigenvalue weighted by Gasteiger charge is 2.13. The molecule has 7 heteroatoms. The van der Waals surface area contributed by atoms with Gasteiger partial charge in [0.25, 0.3) is 0 Å². The maximum Gasteiger partial charge on any atom is 0.237 e. The average Bonchev–Trinajstić information content (AvgIpc) is 2.27. The molecule has 1 rings (SSSR count). The fourth-order valence-electron chi connectivity index (χ4n) is 1.26. The topological polar surface area (TPSA) is 126 Å². The normalized spacial score (nSPS) is 9.35. The van der Waals surface area contributed by atoms with E-state index >= 15 is 0 Å². The van der Waals surface area contributed by atoms with Gasteiger partial charge in [-0.05, 0) is 12.1 Å². The minimum Gasteiger partial charge on any atom is -0.368 e. The van der Waals surface area contributed by atoms with Gasteiger partial charge >= 0.3 is 0 Å². The first-order valence-corrected chi connectivity index (χ1v) is 4.70. The largest absolute Gasteiger partial charge is 0.368 e. The Morgan fingerprint density at radius 2 is 1.94 bits per heavy atom. The Balaban J connectivity index is 2.99. The van der Waals surface area contributed by atoms with Crippen molar-refractivity contribution in [2.75, 3.05) is 18.0 Å². The fourth-order valence-corrected chi connectivity index (χ4v) is 1.26. The molecule has 0 unspecified atom stereocenters. The van der Waals surface area contributed by atoms with Gasteiger partial charge in [0.05, 0.1) is 24.7 Å². The van der Waals surface area contributed by atoms with E-state index in [1.165, 1.54) is 23.2 Å². The van der Waals surface area contributed by atoms with E-state index in [1.54, 1.807) is 0 Å². The first-order chi connectivity index (χ1) is 8.02. The quantitative estimate of drug-likeness (QED) is 0.655. The SMILES string of the molecule is N#Cc1ccnc(N(CC(N)=O)CC(N)=O)c1. The van der Waals surface area contributed by atoms with Crippen molar-refractivity contribution in [1.82, 2.24) is 4.98 Å².